The molecule has 0 spiro atoms. The summed E-state index contributed by atoms with van der Waals surface area (Å²) in [4.78, 5) is 21.5. The molecular weight excluding hydrogens is 426 g/mol. The molecule has 0 atom stereocenters. The molecule has 0 N–H and O–H groups in total. The van der Waals surface area contributed by atoms with Crippen LogP contribution in [0.15, 0.2) is 72.0 Å². The normalized spacial score (nSPS) is 12.0. The Bertz CT molecular complexity index is 1540. The monoisotopic (exact) mass is 439 g/mol. The first kappa shape index (κ1) is 19.9. The average molecular weight is 439 g/mol. The summed E-state index contributed by atoms with van der Waals surface area (Å²) < 4.78 is 55.7. The smallest absolute Gasteiger partial charge is 0.294 e. The third-order valence-electron chi connectivity index (χ3n) is 5.06. The second kappa shape index (κ2) is 7.26. The molecule has 0 saturated carbocycles. The molecule has 3 aromatic heterocycles. The number of hydrogen-bond acceptors (Lipinski definition) is 4. The van der Waals surface area contributed by atoms with Gasteiger partial charge < -0.3 is 0 Å². The van der Waals surface area contributed by atoms with E-state index in [-0.39, 0.29) is 23.3 Å². The lowest BCUT2D eigenvalue weighted by molar-refractivity contribution is -0.137. The molecule has 10 heteroatoms. The van der Waals surface area contributed by atoms with E-state index in [9.17, 15) is 22.4 Å². The van der Waals surface area contributed by atoms with Crippen molar-refractivity contribution in [2.45, 2.75) is 12.7 Å². The second-order valence-electron chi connectivity index (χ2n) is 7.16. The summed E-state index contributed by atoms with van der Waals surface area (Å²) in [6.07, 6.45) is -0.423. The van der Waals surface area contributed by atoms with Crippen LogP contribution < -0.4 is 5.56 Å². The molecule has 0 aliphatic rings. The van der Waals surface area contributed by atoms with Crippen molar-refractivity contribution in [3.8, 4) is 5.69 Å². The summed E-state index contributed by atoms with van der Waals surface area (Å²) in [5.74, 6) is -0.458. The highest BCUT2D eigenvalue weighted by molar-refractivity contribution is 5.82. The van der Waals surface area contributed by atoms with Gasteiger partial charge in [-0.1, -0.05) is 12.1 Å². The van der Waals surface area contributed by atoms with E-state index in [1.165, 1.54) is 46.0 Å². The molecule has 6 nitrogen and oxygen atoms in total. The Morgan fingerprint density at radius 2 is 1.84 bits per heavy atom. The molecule has 0 aliphatic carbocycles. The summed E-state index contributed by atoms with van der Waals surface area (Å²) in [5, 5.41) is 4.79. The number of alkyl halides is 3. The van der Waals surface area contributed by atoms with Crippen LogP contribution in [0.5, 0.6) is 0 Å². The van der Waals surface area contributed by atoms with Crippen LogP contribution in [0.4, 0.5) is 17.6 Å². The first-order chi connectivity index (χ1) is 15.3. The van der Waals surface area contributed by atoms with Crippen LogP contribution in [0.1, 0.15) is 11.1 Å². The summed E-state index contributed by atoms with van der Waals surface area (Å²) in [6, 6.07) is 10.7. The maximum atomic E-state index is 14.0. The van der Waals surface area contributed by atoms with E-state index in [0.29, 0.717) is 16.5 Å². The maximum Gasteiger partial charge on any atom is 0.416 e. The predicted octanol–water partition coefficient (Wildman–Crippen LogP) is 4.34. The van der Waals surface area contributed by atoms with Gasteiger partial charge in [-0.2, -0.15) is 18.3 Å². The van der Waals surface area contributed by atoms with Crippen LogP contribution in [-0.4, -0.2) is 24.3 Å². The Morgan fingerprint density at radius 3 is 2.66 bits per heavy atom. The highest BCUT2D eigenvalue weighted by Crippen LogP contribution is 2.30. The molecular formula is C22H13F4N5O. The van der Waals surface area contributed by atoms with Gasteiger partial charge in [-0.3, -0.25) is 14.3 Å². The fourth-order valence-corrected chi connectivity index (χ4v) is 3.60. The third kappa shape index (κ3) is 3.39. The number of halogens is 4. The largest absolute Gasteiger partial charge is 0.416 e. The Kier molecular flexibility index (Phi) is 4.50. The molecule has 32 heavy (non-hydrogen) atoms. The molecule has 160 valence electrons. The third-order valence-corrected chi connectivity index (χ3v) is 5.06. The number of hydrogen-bond donors (Lipinski definition) is 0. The van der Waals surface area contributed by atoms with Crippen LogP contribution in [0, 0.1) is 5.82 Å². The van der Waals surface area contributed by atoms with Crippen molar-refractivity contribution in [3.05, 3.63) is 94.5 Å². The van der Waals surface area contributed by atoms with Crippen molar-refractivity contribution in [1.82, 2.24) is 24.3 Å². The van der Waals surface area contributed by atoms with Gasteiger partial charge in [0.25, 0.3) is 5.56 Å². The molecule has 0 amide bonds. The molecule has 0 bridgehead atoms. The van der Waals surface area contributed by atoms with Gasteiger partial charge in [0.05, 0.1) is 29.5 Å². The minimum atomic E-state index is -4.51. The van der Waals surface area contributed by atoms with E-state index in [1.807, 2.05) is 0 Å². The first-order valence-corrected chi connectivity index (χ1v) is 9.45. The SMILES string of the molecule is O=c1c2cnn(-c3cccc(C(F)(F)F)c3)c2ncn1Cc1cc(F)cc2cccnc12. The molecule has 0 saturated heterocycles. The lowest BCUT2D eigenvalue weighted by Gasteiger charge is -2.10. The molecule has 2 aromatic carbocycles. The minimum absolute atomic E-state index is 0.0157. The van der Waals surface area contributed by atoms with E-state index in [0.717, 1.165) is 12.1 Å². The number of pyridine rings is 1. The van der Waals surface area contributed by atoms with Crippen LogP contribution in [0.2, 0.25) is 0 Å². The quantitative estimate of drug-likeness (QED) is 0.393. The zero-order chi connectivity index (χ0) is 22.5. The fraction of sp³-hybridized carbons (Fsp3) is 0.0909. The van der Waals surface area contributed by atoms with E-state index in [1.54, 1.807) is 18.3 Å². The maximum absolute atomic E-state index is 14.0. The Balaban J connectivity index is 1.58. The Hall–Kier alpha value is -4.08. The fourth-order valence-electron chi connectivity index (χ4n) is 3.60. The number of rotatable bonds is 3. The molecule has 0 fully saturated rings. The highest BCUT2D eigenvalue weighted by Gasteiger charge is 2.30. The van der Waals surface area contributed by atoms with Crippen molar-refractivity contribution >= 4 is 21.9 Å². The van der Waals surface area contributed by atoms with Crippen molar-refractivity contribution < 1.29 is 17.6 Å². The molecule has 0 aliphatic heterocycles. The molecule has 0 unspecified atom stereocenters. The highest BCUT2D eigenvalue weighted by atomic mass is 19.4. The Morgan fingerprint density at radius 1 is 1.00 bits per heavy atom. The van der Waals surface area contributed by atoms with E-state index in [4.69, 9.17) is 0 Å². The minimum Gasteiger partial charge on any atom is -0.294 e. The number of benzene rings is 2. The van der Waals surface area contributed by atoms with E-state index < -0.39 is 23.1 Å². The predicted molar refractivity (Wildman–Crippen MR) is 109 cm³/mol. The summed E-state index contributed by atoms with van der Waals surface area (Å²) in [6.45, 7) is 0.0157. The van der Waals surface area contributed by atoms with Crippen LogP contribution in [0.3, 0.4) is 0 Å². The summed E-state index contributed by atoms with van der Waals surface area (Å²) >= 11 is 0. The van der Waals surface area contributed by atoms with Crippen molar-refractivity contribution in [2.75, 3.05) is 0 Å². The molecule has 3 heterocycles. The number of nitrogens with zero attached hydrogens (tertiary/aromatic N) is 5. The average Bonchev–Trinajstić information content (AvgIpc) is 3.20. The van der Waals surface area contributed by atoms with Gasteiger partial charge in [0, 0.05) is 17.1 Å². The van der Waals surface area contributed by atoms with Gasteiger partial charge in [0.15, 0.2) is 5.65 Å². The van der Waals surface area contributed by atoms with Crippen LogP contribution in [-0.2, 0) is 12.7 Å². The van der Waals surface area contributed by atoms with Gasteiger partial charge >= 0.3 is 6.18 Å². The van der Waals surface area contributed by atoms with Gasteiger partial charge in [-0.05, 0) is 36.4 Å². The van der Waals surface area contributed by atoms with Crippen molar-refractivity contribution in [1.29, 1.82) is 0 Å². The summed E-state index contributed by atoms with van der Waals surface area (Å²) in [5.41, 5.74) is 0.00122. The van der Waals surface area contributed by atoms with E-state index in [2.05, 4.69) is 15.1 Å². The van der Waals surface area contributed by atoms with Gasteiger partial charge in [0.2, 0.25) is 0 Å². The van der Waals surface area contributed by atoms with Gasteiger partial charge in [0.1, 0.15) is 17.5 Å². The van der Waals surface area contributed by atoms with E-state index >= 15 is 0 Å². The standard InChI is InChI=1S/C22H13F4N5O/c23-16-7-13-3-2-6-27-19(13)14(8-16)11-30-12-28-20-18(21(30)32)10-29-31(20)17-5-1-4-15(9-17)22(24,25)26/h1-10,12H,11H2. The first-order valence-electron chi connectivity index (χ1n) is 9.45. The van der Waals surface area contributed by atoms with Gasteiger partial charge in [-0.15, -0.1) is 0 Å². The van der Waals surface area contributed by atoms with Crippen LogP contribution >= 0.6 is 0 Å². The molecule has 0 radical (unpaired) electrons. The number of fused-ring (bicyclic) bond motifs is 2. The van der Waals surface area contributed by atoms with Crippen LogP contribution in [0.25, 0.3) is 27.6 Å². The second-order valence-corrected chi connectivity index (χ2v) is 7.16. The summed E-state index contributed by atoms with van der Waals surface area (Å²) in [7, 11) is 0. The zero-order valence-electron chi connectivity index (χ0n) is 16.2. The lowest BCUT2D eigenvalue weighted by atomic mass is 10.1. The molecule has 5 aromatic rings. The molecule has 5 rings (SSSR count). The lowest BCUT2D eigenvalue weighted by Crippen LogP contribution is -2.21. The van der Waals surface area contributed by atoms with Crippen molar-refractivity contribution in [3.63, 3.8) is 0 Å². The number of aromatic nitrogens is 5. The zero-order valence-corrected chi connectivity index (χ0v) is 16.2. The topological polar surface area (TPSA) is 65.6 Å². The van der Waals surface area contributed by atoms with Gasteiger partial charge in [-0.25, -0.2) is 14.1 Å². The van der Waals surface area contributed by atoms with Crippen molar-refractivity contribution in [2.24, 2.45) is 0 Å². The Labute approximate surface area is 177 Å².